The van der Waals surface area contributed by atoms with E-state index < -0.39 is 23.5 Å². The van der Waals surface area contributed by atoms with Gasteiger partial charge < -0.3 is 15.0 Å². The maximum atomic E-state index is 14.3. The number of nitrogens with one attached hydrogen (secondary N) is 1. The molecule has 1 atom stereocenters. The second-order valence-corrected chi connectivity index (χ2v) is 9.24. The molecule has 182 valence electrons. The summed E-state index contributed by atoms with van der Waals surface area (Å²) in [6.45, 7) is 0.271. The zero-order chi connectivity index (χ0) is 24.2. The summed E-state index contributed by atoms with van der Waals surface area (Å²) >= 11 is 5.63. The molecule has 5 nitrogen and oxygen atoms in total. The Labute approximate surface area is 201 Å². The molecule has 0 bridgehead atoms. The normalized spacial score (nSPS) is 22.5. The van der Waals surface area contributed by atoms with E-state index in [-0.39, 0.29) is 46.7 Å². The van der Waals surface area contributed by atoms with Crippen molar-refractivity contribution in [3.8, 4) is 5.75 Å². The Morgan fingerprint density at radius 1 is 1.00 bits per heavy atom. The van der Waals surface area contributed by atoms with Crippen LogP contribution in [0.5, 0.6) is 5.75 Å². The lowest BCUT2D eigenvalue weighted by molar-refractivity contribution is -0.137. The number of carbonyl (C=O) groups excluding carboxylic acids is 2. The van der Waals surface area contributed by atoms with Gasteiger partial charge in [0.1, 0.15) is 23.2 Å². The highest BCUT2D eigenvalue weighted by atomic mass is 35.5. The summed E-state index contributed by atoms with van der Waals surface area (Å²) in [5.41, 5.74) is 0.229. The van der Waals surface area contributed by atoms with Gasteiger partial charge in [0, 0.05) is 30.1 Å². The van der Waals surface area contributed by atoms with Crippen LogP contribution in [0.1, 0.15) is 50.1 Å². The van der Waals surface area contributed by atoms with E-state index in [4.69, 9.17) is 16.3 Å². The van der Waals surface area contributed by atoms with Crippen LogP contribution in [0.3, 0.4) is 0 Å². The molecule has 1 saturated heterocycles. The Bertz CT molecular complexity index is 1060. The minimum absolute atomic E-state index is 0.0237. The molecule has 1 saturated carbocycles. The van der Waals surface area contributed by atoms with Crippen LogP contribution in [-0.4, -0.2) is 35.9 Å². The molecule has 2 aliphatic rings. The van der Waals surface area contributed by atoms with Gasteiger partial charge in [0.2, 0.25) is 5.91 Å². The van der Waals surface area contributed by atoms with Crippen molar-refractivity contribution in [3.05, 3.63) is 64.4 Å². The van der Waals surface area contributed by atoms with Crippen molar-refractivity contribution in [2.24, 2.45) is 5.92 Å². The van der Waals surface area contributed by atoms with E-state index in [1.54, 1.807) is 4.90 Å². The van der Waals surface area contributed by atoms with Gasteiger partial charge in [0.05, 0.1) is 11.1 Å². The lowest BCUT2D eigenvalue weighted by Crippen LogP contribution is -2.43. The number of halogens is 4. The van der Waals surface area contributed by atoms with Gasteiger partial charge in [-0.2, -0.15) is 0 Å². The minimum Gasteiger partial charge on any atom is -0.484 e. The van der Waals surface area contributed by atoms with Crippen LogP contribution in [0.15, 0.2) is 36.4 Å². The van der Waals surface area contributed by atoms with Crippen molar-refractivity contribution < 1.29 is 27.5 Å². The lowest BCUT2D eigenvalue weighted by Gasteiger charge is -2.33. The standard InChI is InChI=1S/C25H26ClF3N2O3/c26-20-9-8-18(13-22(20)29)34-14-24(32)30-17-6-3-15(4-7-17)25(33)31-11-1-2-23(31)19-12-16(27)5-10-21(19)28/h5,8-10,12-13,15,17,23H,1-4,6-7,11,14H2,(H,30,32)/t15-,17-,23-/m1/s1. The van der Waals surface area contributed by atoms with Crippen molar-refractivity contribution in [1.82, 2.24) is 10.2 Å². The van der Waals surface area contributed by atoms with Crippen LogP contribution in [-0.2, 0) is 9.59 Å². The van der Waals surface area contributed by atoms with E-state index in [1.165, 1.54) is 18.2 Å². The molecule has 0 unspecified atom stereocenters. The summed E-state index contributed by atoms with van der Waals surface area (Å²) in [5.74, 6) is -2.00. The second-order valence-electron chi connectivity index (χ2n) is 8.84. The highest BCUT2D eigenvalue weighted by Gasteiger charge is 2.37. The van der Waals surface area contributed by atoms with Crippen LogP contribution in [0.2, 0.25) is 5.02 Å². The Morgan fingerprint density at radius 3 is 2.50 bits per heavy atom. The van der Waals surface area contributed by atoms with Crippen LogP contribution < -0.4 is 10.1 Å². The van der Waals surface area contributed by atoms with Crippen LogP contribution >= 0.6 is 11.6 Å². The zero-order valence-electron chi connectivity index (χ0n) is 18.5. The van der Waals surface area contributed by atoms with Crippen molar-refractivity contribution in [3.63, 3.8) is 0 Å². The van der Waals surface area contributed by atoms with E-state index in [2.05, 4.69) is 5.32 Å². The van der Waals surface area contributed by atoms with E-state index in [0.29, 0.717) is 38.6 Å². The third-order valence-corrected chi connectivity index (χ3v) is 6.86. The molecule has 2 aromatic carbocycles. The molecule has 2 aromatic rings. The molecule has 1 aliphatic heterocycles. The van der Waals surface area contributed by atoms with Crippen molar-refractivity contribution in [2.45, 2.75) is 50.6 Å². The number of rotatable bonds is 6. The summed E-state index contributed by atoms with van der Waals surface area (Å²) in [6.07, 6.45) is 3.81. The summed E-state index contributed by atoms with van der Waals surface area (Å²) in [5, 5.41) is 2.87. The molecule has 34 heavy (non-hydrogen) atoms. The quantitative estimate of drug-likeness (QED) is 0.602. The number of benzene rings is 2. The maximum Gasteiger partial charge on any atom is 0.258 e. The summed E-state index contributed by atoms with van der Waals surface area (Å²) in [4.78, 5) is 27.1. The van der Waals surface area contributed by atoms with E-state index in [9.17, 15) is 22.8 Å². The molecule has 4 rings (SSSR count). The van der Waals surface area contributed by atoms with Gasteiger partial charge in [-0.05, 0) is 68.9 Å². The first kappa shape index (κ1) is 24.4. The highest BCUT2D eigenvalue weighted by molar-refractivity contribution is 6.30. The van der Waals surface area contributed by atoms with Gasteiger partial charge in [0.25, 0.3) is 5.91 Å². The van der Waals surface area contributed by atoms with Gasteiger partial charge >= 0.3 is 0 Å². The van der Waals surface area contributed by atoms with Crippen LogP contribution in [0.25, 0.3) is 0 Å². The number of amides is 2. The van der Waals surface area contributed by atoms with Gasteiger partial charge in [0.15, 0.2) is 6.61 Å². The van der Waals surface area contributed by atoms with E-state index in [1.807, 2.05) is 0 Å². The number of nitrogens with zero attached hydrogens (tertiary/aromatic N) is 1. The van der Waals surface area contributed by atoms with Gasteiger partial charge in [-0.25, -0.2) is 13.2 Å². The summed E-state index contributed by atoms with van der Waals surface area (Å²) in [7, 11) is 0. The minimum atomic E-state index is -0.622. The fraction of sp³-hybridized carbons (Fsp3) is 0.440. The predicted octanol–water partition coefficient (Wildman–Crippen LogP) is 5.17. The molecule has 9 heteroatoms. The predicted molar refractivity (Wildman–Crippen MR) is 121 cm³/mol. The smallest absolute Gasteiger partial charge is 0.258 e. The molecule has 0 radical (unpaired) electrons. The first-order chi connectivity index (χ1) is 16.3. The molecule has 1 aliphatic carbocycles. The average Bonchev–Trinajstić information content (AvgIpc) is 3.31. The van der Waals surface area contributed by atoms with Crippen molar-refractivity contribution in [1.29, 1.82) is 0 Å². The third kappa shape index (κ3) is 5.66. The fourth-order valence-corrected chi connectivity index (χ4v) is 4.95. The Balaban J connectivity index is 1.26. The van der Waals surface area contributed by atoms with E-state index >= 15 is 0 Å². The molecule has 2 fully saturated rings. The number of hydrogen-bond acceptors (Lipinski definition) is 3. The monoisotopic (exact) mass is 494 g/mol. The molecule has 0 spiro atoms. The average molecular weight is 495 g/mol. The van der Waals surface area contributed by atoms with Gasteiger partial charge in [-0.1, -0.05) is 11.6 Å². The second kappa shape index (κ2) is 10.7. The van der Waals surface area contributed by atoms with E-state index in [0.717, 1.165) is 24.6 Å². The molecular weight excluding hydrogens is 469 g/mol. The first-order valence-corrected chi connectivity index (χ1v) is 11.8. The fourth-order valence-electron chi connectivity index (χ4n) is 4.83. The van der Waals surface area contributed by atoms with Gasteiger partial charge in [-0.15, -0.1) is 0 Å². The molecular formula is C25H26ClF3N2O3. The largest absolute Gasteiger partial charge is 0.484 e. The third-order valence-electron chi connectivity index (χ3n) is 6.56. The SMILES string of the molecule is O=C(COc1ccc(Cl)c(F)c1)N[C@H]1CC[C@H](C(=O)N2CCC[C@@H]2c2cc(F)ccc2F)CC1. The lowest BCUT2D eigenvalue weighted by atomic mass is 9.84. The Hall–Kier alpha value is -2.74. The summed E-state index contributed by atoms with van der Waals surface area (Å²) < 4.78 is 46.8. The molecule has 2 amide bonds. The number of likely N-dealkylation sites (tertiary alicyclic amines) is 1. The van der Waals surface area contributed by atoms with Crippen LogP contribution in [0, 0.1) is 23.4 Å². The molecule has 0 aromatic heterocycles. The number of ether oxygens (including phenoxy) is 1. The number of hydrogen-bond donors (Lipinski definition) is 1. The molecule has 1 heterocycles. The Morgan fingerprint density at radius 2 is 1.76 bits per heavy atom. The Kier molecular flexibility index (Phi) is 7.66. The molecule has 1 N–H and O–H groups in total. The van der Waals surface area contributed by atoms with Crippen LogP contribution in [0.4, 0.5) is 13.2 Å². The van der Waals surface area contributed by atoms with Crippen molar-refractivity contribution >= 4 is 23.4 Å². The van der Waals surface area contributed by atoms with Crippen molar-refractivity contribution in [2.75, 3.05) is 13.2 Å². The maximum absolute atomic E-state index is 14.3. The van der Waals surface area contributed by atoms with Gasteiger partial charge in [-0.3, -0.25) is 9.59 Å². The zero-order valence-corrected chi connectivity index (χ0v) is 19.3. The topological polar surface area (TPSA) is 58.6 Å². The summed E-state index contributed by atoms with van der Waals surface area (Å²) in [6, 6.07) is 6.78. The first-order valence-electron chi connectivity index (χ1n) is 11.4. The highest BCUT2D eigenvalue weighted by Crippen LogP contribution is 2.37. The number of carbonyl (C=O) groups is 2.